The Morgan fingerprint density at radius 1 is 0.833 bits per heavy atom. The largest absolute Gasteiger partial charge is 0.493 e. The number of thiocarbonyl (C=S) groups is 1. The smallest absolute Gasteiger partial charge is 0.269 e. The third-order valence-electron chi connectivity index (χ3n) is 5.48. The van der Waals surface area contributed by atoms with Crippen LogP contribution in [-0.2, 0) is 11.2 Å². The molecule has 184 valence electrons. The van der Waals surface area contributed by atoms with E-state index in [1.165, 1.54) is 5.56 Å². The van der Waals surface area contributed by atoms with Crippen molar-refractivity contribution in [3.63, 3.8) is 0 Å². The second-order valence-electron chi connectivity index (χ2n) is 8.32. The third kappa shape index (κ3) is 7.38. The highest BCUT2D eigenvalue weighted by atomic mass is 32.1. The minimum atomic E-state index is -0.444. The summed E-state index contributed by atoms with van der Waals surface area (Å²) in [6.07, 6.45) is 2.59. The van der Waals surface area contributed by atoms with E-state index in [2.05, 4.69) is 21.5 Å². The van der Waals surface area contributed by atoms with Crippen LogP contribution in [0.15, 0.2) is 78.9 Å². The number of anilines is 1. The van der Waals surface area contributed by atoms with Crippen molar-refractivity contribution in [3.8, 4) is 5.75 Å². The summed E-state index contributed by atoms with van der Waals surface area (Å²) in [5, 5.41) is 5.28. The highest BCUT2D eigenvalue weighted by Gasteiger charge is 2.29. The molecular formula is C27H26N4O4S. The molecule has 3 aromatic rings. The van der Waals surface area contributed by atoms with E-state index in [9.17, 15) is 14.4 Å². The molecule has 0 unspecified atom stereocenters. The van der Waals surface area contributed by atoms with Gasteiger partial charge in [-0.3, -0.25) is 30.6 Å². The quantitative estimate of drug-likeness (QED) is 0.277. The molecule has 1 aliphatic rings. The Balaban J connectivity index is 1.21. The second kappa shape index (κ2) is 11.9. The van der Waals surface area contributed by atoms with Gasteiger partial charge in [-0.25, -0.2) is 0 Å². The Kier molecular flexibility index (Phi) is 8.25. The van der Waals surface area contributed by atoms with Gasteiger partial charge in [-0.05, 0) is 73.1 Å². The van der Waals surface area contributed by atoms with Gasteiger partial charge < -0.3 is 10.1 Å². The number of rotatable bonds is 8. The summed E-state index contributed by atoms with van der Waals surface area (Å²) in [5.41, 5.74) is 7.49. The van der Waals surface area contributed by atoms with Crippen molar-refractivity contribution in [2.45, 2.75) is 19.3 Å². The fourth-order valence-corrected chi connectivity index (χ4v) is 3.49. The van der Waals surface area contributed by atoms with Crippen LogP contribution in [0, 0.1) is 5.92 Å². The molecule has 0 heterocycles. The summed E-state index contributed by atoms with van der Waals surface area (Å²) < 4.78 is 5.77. The highest BCUT2D eigenvalue weighted by molar-refractivity contribution is 7.80. The number of hydrogen-bond acceptors (Lipinski definition) is 5. The summed E-state index contributed by atoms with van der Waals surface area (Å²) in [6.45, 7) is 0.481. The molecule has 0 aliphatic heterocycles. The first kappa shape index (κ1) is 24.9. The van der Waals surface area contributed by atoms with Crippen LogP contribution in [0.25, 0.3) is 0 Å². The molecule has 3 aromatic carbocycles. The van der Waals surface area contributed by atoms with E-state index in [1.54, 1.807) is 48.5 Å². The van der Waals surface area contributed by atoms with Crippen LogP contribution in [0.4, 0.5) is 5.69 Å². The number of carbonyl (C=O) groups is 3. The maximum absolute atomic E-state index is 12.6. The van der Waals surface area contributed by atoms with Crippen molar-refractivity contribution in [2.75, 3.05) is 11.9 Å². The molecule has 4 rings (SSSR count). The van der Waals surface area contributed by atoms with E-state index in [1.807, 2.05) is 30.3 Å². The second-order valence-corrected chi connectivity index (χ2v) is 8.72. The number of amides is 3. The van der Waals surface area contributed by atoms with Crippen LogP contribution in [0.2, 0.25) is 0 Å². The molecule has 0 aromatic heterocycles. The maximum atomic E-state index is 12.6. The van der Waals surface area contributed by atoms with Gasteiger partial charge in [-0.2, -0.15) is 0 Å². The van der Waals surface area contributed by atoms with Gasteiger partial charge in [0, 0.05) is 29.2 Å². The van der Waals surface area contributed by atoms with Crippen LogP contribution >= 0.6 is 12.2 Å². The fraction of sp³-hybridized carbons (Fsp3) is 0.185. The van der Waals surface area contributed by atoms with Crippen LogP contribution < -0.4 is 26.2 Å². The normalized spacial score (nSPS) is 12.2. The lowest BCUT2D eigenvalue weighted by atomic mass is 10.2. The summed E-state index contributed by atoms with van der Waals surface area (Å²) in [7, 11) is 0. The number of ether oxygens (including phenoxy) is 1. The number of nitrogens with one attached hydrogen (secondary N) is 4. The first-order chi connectivity index (χ1) is 17.5. The average Bonchev–Trinajstić information content (AvgIpc) is 3.74. The van der Waals surface area contributed by atoms with Crippen molar-refractivity contribution in [2.24, 2.45) is 5.92 Å². The molecule has 4 N–H and O–H groups in total. The monoisotopic (exact) mass is 502 g/mol. The van der Waals surface area contributed by atoms with Crippen LogP contribution in [0.5, 0.6) is 5.75 Å². The molecule has 0 spiro atoms. The standard InChI is InChI=1S/C27H26N4O4S/c32-24(19-9-10-19)28-22-13-11-20(12-14-22)26(34)30-31-27(36)29-25(33)21-7-4-8-23(17-21)35-16-15-18-5-2-1-3-6-18/h1-8,11-14,17,19H,9-10,15-16H2,(H,28,32)(H,30,34)(H2,29,31,33,36). The fourth-order valence-electron chi connectivity index (χ4n) is 3.35. The molecule has 1 aliphatic carbocycles. The minimum absolute atomic E-state index is 0.000702. The Bertz CT molecular complexity index is 1240. The molecule has 0 atom stereocenters. The van der Waals surface area contributed by atoms with Gasteiger partial charge in [0.25, 0.3) is 11.8 Å². The molecule has 36 heavy (non-hydrogen) atoms. The first-order valence-corrected chi connectivity index (χ1v) is 12.0. The van der Waals surface area contributed by atoms with E-state index in [4.69, 9.17) is 17.0 Å². The lowest BCUT2D eigenvalue weighted by Crippen LogP contribution is -2.48. The Labute approximate surface area is 214 Å². The number of benzene rings is 3. The topological polar surface area (TPSA) is 109 Å². The zero-order valence-corrected chi connectivity index (χ0v) is 20.3. The van der Waals surface area contributed by atoms with Gasteiger partial charge in [-0.15, -0.1) is 0 Å². The zero-order chi connectivity index (χ0) is 25.3. The molecule has 8 nitrogen and oxygen atoms in total. The van der Waals surface area contributed by atoms with E-state index in [0.717, 1.165) is 19.3 Å². The van der Waals surface area contributed by atoms with E-state index in [0.29, 0.717) is 29.2 Å². The summed E-state index contributed by atoms with van der Waals surface area (Å²) in [6, 6.07) is 23.3. The molecule has 1 saturated carbocycles. The van der Waals surface area contributed by atoms with Crippen molar-refractivity contribution in [3.05, 3.63) is 95.6 Å². The van der Waals surface area contributed by atoms with Gasteiger partial charge >= 0.3 is 0 Å². The van der Waals surface area contributed by atoms with E-state index >= 15 is 0 Å². The van der Waals surface area contributed by atoms with Gasteiger partial charge in [0.15, 0.2) is 5.11 Å². The van der Waals surface area contributed by atoms with Gasteiger partial charge in [0.2, 0.25) is 5.91 Å². The van der Waals surface area contributed by atoms with Crippen molar-refractivity contribution in [1.29, 1.82) is 0 Å². The summed E-state index contributed by atoms with van der Waals surface area (Å²) >= 11 is 5.12. The number of carbonyl (C=O) groups excluding carboxylic acids is 3. The first-order valence-electron chi connectivity index (χ1n) is 11.6. The van der Waals surface area contributed by atoms with Gasteiger partial charge in [-0.1, -0.05) is 36.4 Å². The summed E-state index contributed by atoms with van der Waals surface area (Å²) in [4.78, 5) is 36.7. The third-order valence-corrected chi connectivity index (χ3v) is 5.68. The van der Waals surface area contributed by atoms with Crippen LogP contribution in [-0.4, -0.2) is 29.4 Å². The number of hydrazine groups is 1. The van der Waals surface area contributed by atoms with E-state index in [-0.39, 0.29) is 16.9 Å². The average molecular weight is 503 g/mol. The Morgan fingerprint density at radius 2 is 1.58 bits per heavy atom. The van der Waals surface area contributed by atoms with Crippen LogP contribution in [0.3, 0.4) is 0 Å². The predicted molar refractivity (Wildman–Crippen MR) is 141 cm³/mol. The molecule has 0 radical (unpaired) electrons. The van der Waals surface area contributed by atoms with Crippen molar-refractivity contribution in [1.82, 2.24) is 16.2 Å². The summed E-state index contributed by atoms with van der Waals surface area (Å²) in [5.74, 6) is -0.212. The van der Waals surface area contributed by atoms with Crippen molar-refractivity contribution >= 4 is 40.7 Å². The molecule has 0 bridgehead atoms. The predicted octanol–water partition coefficient (Wildman–Crippen LogP) is 3.61. The molecule has 9 heteroatoms. The lowest BCUT2D eigenvalue weighted by molar-refractivity contribution is -0.117. The van der Waals surface area contributed by atoms with Gasteiger partial charge in [0.05, 0.1) is 6.61 Å². The number of hydrogen-bond donors (Lipinski definition) is 4. The highest BCUT2D eigenvalue weighted by Crippen LogP contribution is 2.30. The lowest BCUT2D eigenvalue weighted by Gasteiger charge is -2.12. The molecular weight excluding hydrogens is 476 g/mol. The maximum Gasteiger partial charge on any atom is 0.269 e. The van der Waals surface area contributed by atoms with E-state index < -0.39 is 11.8 Å². The minimum Gasteiger partial charge on any atom is -0.493 e. The van der Waals surface area contributed by atoms with Crippen LogP contribution in [0.1, 0.15) is 39.1 Å². The van der Waals surface area contributed by atoms with Crippen molar-refractivity contribution < 1.29 is 19.1 Å². The van der Waals surface area contributed by atoms with Gasteiger partial charge in [0.1, 0.15) is 5.75 Å². The molecule has 0 saturated heterocycles. The SMILES string of the molecule is O=C(NNC(=S)NC(=O)c1cccc(OCCc2ccccc2)c1)c1ccc(NC(=O)C2CC2)cc1. The Morgan fingerprint density at radius 3 is 2.31 bits per heavy atom. The Hall–Kier alpha value is -4.24. The molecule has 1 fully saturated rings. The molecule has 3 amide bonds. The zero-order valence-electron chi connectivity index (χ0n) is 19.5.